The van der Waals surface area contributed by atoms with Crippen LogP contribution in [0.1, 0.15) is 69.0 Å². The number of carbonyl (C=O) groups is 2. The number of hydrogen-bond acceptors (Lipinski definition) is 7. The van der Waals surface area contributed by atoms with Crippen LogP contribution in [0.4, 0.5) is 0 Å². The summed E-state index contributed by atoms with van der Waals surface area (Å²) in [5.74, 6) is 2.43. The van der Waals surface area contributed by atoms with Gasteiger partial charge in [-0.05, 0) is 56.3 Å². The molecule has 2 atom stereocenters. The van der Waals surface area contributed by atoms with Gasteiger partial charge >= 0.3 is 0 Å². The fourth-order valence-electron chi connectivity index (χ4n) is 5.28. The highest BCUT2D eigenvalue weighted by molar-refractivity contribution is 5.85. The van der Waals surface area contributed by atoms with Crippen LogP contribution in [0.25, 0.3) is 0 Å². The Bertz CT molecular complexity index is 1100. The van der Waals surface area contributed by atoms with E-state index in [1.54, 1.807) is 7.11 Å². The second-order valence-electron chi connectivity index (χ2n) is 10.9. The predicted octanol–water partition coefficient (Wildman–Crippen LogP) is 3.56. The molecule has 0 saturated carbocycles. The van der Waals surface area contributed by atoms with Crippen LogP contribution in [0.2, 0.25) is 0 Å². The van der Waals surface area contributed by atoms with Gasteiger partial charge in [0.25, 0.3) is 0 Å². The molecule has 1 saturated heterocycles. The smallest absolute Gasteiger partial charge is 0.237 e. The first-order valence-electron chi connectivity index (χ1n) is 14.9. The number of ether oxygens (including phenoxy) is 2. The minimum Gasteiger partial charge on any atom is -0.493 e. The van der Waals surface area contributed by atoms with Gasteiger partial charge < -0.3 is 30.4 Å². The van der Waals surface area contributed by atoms with Crippen LogP contribution in [0.3, 0.4) is 0 Å². The average Bonchev–Trinajstić information content (AvgIpc) is 3.62. The van der Waals surface area contributed by atoms with Crippen LogP contribution in [0.15, 0.2) is 24.4 Å². The number of amides is 2. The minimum absolute atomic E-state index is 0. The summed E-state index contributed by atoms with van der Waals surface area (Å²) in [5.41, 5.74) is 2.14. The van der Waals surface area contributed by atoms with Gasteiger partial charge in [0.15, 0.2) is 11.5 Å². The number of aromatic nitrogens is 2. The third kappa shape index (κ3) is 11.3. The van der Waals surface area contributed by atoms with Crippen LogP contribution in [0, 0.1) is 0 Å². The standard InChI is InChI=1S/C30H46N6O4.2ClH/c1-3-4-8-28-34-19-23(35-28)21-36-15-6-5-13-32-30(38)25-18-24(20-33-25)40-26-11-9-22(17-27(26)39-2)10-12-29(37)31-14-7-16-36;;/h9,11,17,19,24-25,33H,3-8,10,12-16,18,20-21H2,1-2H3,(H,31,37)(H,32,38)(H,34,35);2*1H/t24-,25-;;/m0../s1. The molecular formula is C30H48Cl2N6O4. The molecule has 0 spiro atoms. The monoisotopic (exact) mass is 626 g/mol. The molecule has 3 aliphatic heterocycles. The number of imidazole rings is 1. The molecular weight excluding hydrogens is 579 g/mol. The van der Waals surface area contributed by atoms with E-state index in [4.69, 9.17) is 9.47 Å². The van der Waals surface area contributed by atoms with E-state index in [9.17, 15) is 9.59 Å². The third-order valence-electron chi connectivity index (χ3n) is 7.59. The van der Waals surface area contributed by atoms with Gasteiger partial charge in [-0.25, -0.2) is 4.98 Å². The lowest BCUT2D eigenvalue weighted by Gasteiger charge is -2.22. The van der Waals surface area contributed by atoms with E-state index >= 15 is 0 Å². The number of carbonyl (C=O) groups excluding carboxylic acids is 2. The zero-order valence-corrected chi connectivity index (χ0v) is 26.5. The Hall–Kier alpha value is -2.53. The molecule has 2 aromatic rings. The highest BCUT2D eigenvalue weighted by Gasteiger charge is 2.31. The number of hydrogen-bond donors (Lipinski definition) is 4. The van der Waals surface area contributed by atoms with Crippen molar-refractivity contribution in [2.75, 3.05) is 39.8 Å². The van der Waals surface area contributed by atoms with Crippen molar-refractivity contribution in [2.45, 2.75) is 83.4 Å². The molecule has 0 radical (unpaired) electrons. The molecule has 0 aliphatic carbocycles. The molecule has 4 N–H and O–H groups in total. The van der Waals surface area contributed by atoms with Crippen LogP contribution in [-0.4, -0.2) is 78.7 Å². The number of unbranched alkanes of at least 4 members (excludes halogenated alkanes) is 1. The number of nitrogens with one attached hydrogen (secondary N) is 4. The first-order valence-corrected chi connectivity index (χ1v) is 14.9. The molecule has 1 fully saturated rings. The number of aryl methyl sites for hydroxylation is 2. The van der Waals surface area contributed by atoms with E-state index in [0.717, 1.165) is 75.2 Å². The molecule has 0 unspecified atom stereocenters. The van der Waals surface area contributed by atoms with Gasteiger partial charge in [0.1, 0.15) is 11.9 Å². The topological polar surface area (TPSA) is 121 Å². The van der Waals surface area contributed by atoms with E-state index < -0.39 is 0 Å². The van der Waals surface area contributed by atoms with Gasteiger partial charge in [-0.2, -0.15) is 0 Å². The highest BCUT2D eigenvalue weighted by atomic mass is 35.5. The molecule has 2 amide bonds. The predicted molar refractivity (Wildman–Crippen MR) is 169 cm³/mol. The van der Waals surface area contributed by atoms with Gasteiger partial charge in [-0.15, -0.1) is 24.8 Å². The summed E-state index contributed by atoms with van der Waals surface area (Å²) in [4.78, 5) is 35.7. The molecule has 236 valence electrons. The summed E-state index contributed by atoms with van der Waals surface area (Å²) in [5, 5.41) is 9.47. The average molecular weight is 628 g/mol. The Kier molecular flexibility index (Phi) is 16.0. The first kappa shape index (κ1) is 35.7. The van der Waals surface area contributed by atoms with Crippen molar-refractivity contribution in [3.8, 4) is 11.5 Å². The first-order chi connectivity index (χ1) is 19.5. The molecule has 10 nitrogen and oxygen atoms in total. The molecule has 12 heteroatoms. The molecule has 42 heavy (non-hydrogen) atoms. The fourth-order valence-corrected chi connectivity index (χ4v) is 5.28. The summed E-state index contributed by atoms with van der Waals surface area (Å²) in [7, 11) is 1.62. The van der Waals surface area contributed by atoms with E-state index in [1.165, 1.54) is 0 Å². The van der Waals surface area contributed by atoms with Crippen molar-refractivity contribution in [1.29, 1.82) is 0 Å². The second kappa shape index (κ2) is 18.9. The molecule has 4 heterocycles. The highest BCUT2D eigenvalue weighted by Crippen LogP contribution is 2.30. The Labute approximate surface area is 262 Å². The summed E-state index contributed by atoms with van der Waals surface area (Å²) in [6.07, 6.45) is 9.49. The van der Waals surface area contributed by atoms with Gasteiger partial charge in [0, 0.05) is 63.9 Å². The number of nitrogens with zero attached hydrogens (tertiary/aromatic N) is 2. The summed E-state index contributed by atoms with van der Waals surface area (Å²) >= 11 is 0. The maximum atomic E-state index is 12.8. The Morgan fingerprint density at radius 3 is 2.69 bits per heavy atom. The van der Waals surface area contributed by atoms with Gasteiger partial charge in [0.2, 0.25) is 11.8 Å². The van der Waals surface area contributed by atoms with Crippen LogP contribution >= 0.6 is 24.8 Å². The SMILES string of the molecule is CCCCc1ncc(CN2CCCCNC(=O)[C@@H]3C[C@@H](CN3)Oc3ccc(cc3OC)CCC(=O)NCCC2)[nH]1.Cl.Cl. The van der Waals surface area contributed by atoms with Crippen molar-refractivity contribution < 1.29 is 19.1 Å². The summed E-state index contributed by atoms with van der Waals surface area (Å²) in [6.45, 7) is 6.67. The number of halogens is 2. The Balaban J connectivity index is 0.00000308. The number of H-pyrrole nitrogens is 1. The number of fused-ring (bicyclic) bond motifs is 15. The lowest BCUT2D eigenvalue weighted by Crippen LogP contribution is -2.40. The van der Waals surface area contributed by atoms with Crippen molar-refractivity contribution in [1.82, 2.24) is 30.8 Å². The van der Waals surface area contributed by atoms with Gasteiger partial charge in [-0.1, -0.05) is 19.4 Å². The maximum Gasteiger partial charge on any atom is 0.237 e. The van der Waals surface area contributed by atoms with Crippen molar-refractivity contribution >= 4 is 36.6 Å². The summed E-state index contributed by atoms with van der Waals surface area (Å²) < 4.78 is 11.7. The molecule has 5 rings (SSSR count). The third-order valence-corrected chi connectivity index (χ3v) is 7.59. The van der Waals surface area contributed by atoms with E-state index in [-0.39, 0.29) is 48.8 Å². The molecule has 3 aliphatic rings. The Morgan fingerprint density at radius 1 is 1.07 bits per heavy atom. The van der Waals surface area contributed by atoms with E-state index in [2.05, 4.69) is 37.7 Å². The maximum absolute atomic E-state index is 12.8. The van der Waals surface area contributed by atoms with Crippen LogP contribution < -0.4 is 25.4 Å². The number of aromatic amines is 1. The Morgan fingerprint density at radius 2 is 1.88 bits per heavy atom. The number of methoxy groups -OCH3 is 1. The van der Waals surface area contributed by atoms with Crippen molar-refractivity contribution in [2.24, 2.45) is 0 Å². The zero-order chi connectivity index (χ0) is 28.2. The lowest BCUT2D eigenvalue weighted by molar-refractivity contribution is -0.123. The zero-order valence-electron chi connectivity index (χ0n) is 24.9. The normalized spacial score (nSPS) is 21.0. The van der Waals surface area contributed by atoms with Crippen LogP contribution in [-0.2, 0) is 29.0 Å². The quantitative estimate of drug-likeness (QED) is 0.387. The molecule has 4 bridgehead atoms. The van der Waals surface area contributed by atoms with Gasteiger partial charge in [0.05, 0.1) is 13.2 Å². The van der Waals surface area contributed by atoms with Crippen LogP contribution in [0.5, 0.6) is 11.5 Å². The number of benzene rings is 1. The van der Waals surface area contributed by atoms with E-state index in [0.29, 0.717) is 50.4 Å². The van der Waals surface area contributed by atoms with Crippen molar-refractivity contribution in [3.05, 3.63) is 41.5 Å². The fraction of sp³-hybridized carbons (Fsp3) is 0.633. The molecule has 1 aromatic carbocycles. The van der Waals surface area contributed by atoms with Crippen molar-refractivity contribution in [3.63, 3.8) is 0 Å². The minimum atomic E-state index is -0.259. The number of rotatable bonds is 6. The summed E-state index contributed by atoms with van der Waals surface area (Å²) in [6, 6.07) is 5.55. The lowest BCUT2D eigenvalue weighted by atomic mass is 10.1. The largest absolute Gasteiger partial charge is 0.493 e. The second-order valence-corrected chi connectivity index (χ2v) is 10.9. The van der Waals surface area contributed by atoms with Gasteiger partial charge in [-0.3, -0.25) is 14.5 Å². The molecule has 1 aromatic heterocycles. The van der Waals surface area contributed by atoms with E-state index in [1.807, 2.05) is 24.4 Å².